The zero-order valence-corrected chi connectivity index (χ0v) is 20.5. The first kappa shape index (κ1) is 25.9. The topological polar surface area (TPSA) is 60.0 Å². The summed E-state index contributed by atoms with van der Waals surface area (Å²) in [5.41, 5.74) is -1.73. The zero-order chi connectivity index (χ0) is 24.3. The lowest BCUT2D eigenvalue weighted by molar-refractivity contribution is -0.142. The number of likely N-dealkylation sites (tertiary alicyclic amines) is 1. The van der Waals surface area contributed by atoms with Crippen LogP contribution in [-0.4, -0.2) is 50.0 Å². The van der Waals surface area contributed by atoms with Gasteiger partial charge in [0.15, 0.2) is 17.3 Å². The minimum Gasteiger partial charge on any atom is -0.440 e. The van der Waals surface area contributed by atoms with Crippen molar-refractivity contribution in [2.24, 2.45) is 13.0 Å². The maximum atomic E-state index is 14.7. The van der Waals surface area contributed by atoms with Crippen molar-refractivity contribution in [3.8, 4) is 11.6 Å². The van der Waals surface area contributed by atoms with E-state index in [1.165, 1.54) is 12.5 Å². The van der Waals surface area contributed by atoms with Crippen molar-refractivity contribution in [2.75, 3.05) is 25.4 Å². The van der Waals surface area contributed by atoms with Crippen LogP contribution in [-0.2, 0) is 18.6 Å². The molecule has 2 aliphatic rings. The lowest BCUT2D eigenvalue weighted by atomic mass is 9.92. The van der Waals surface area contributed by atoms with E-state index >= 15 is 0 Å². The molecule has 1 saturated heterocycles. The Labute approximate surface area is 208 Å². The molecule has 2 aromatic heterocycles. The summed E-state index contributed by atoms with van der Waals surface area (Å²) in [4.78, 5) is 6.21. The second-order valence-corrected chi connectivity index (χ2v) is 9.97. The lowest BCUT2D eigenvalue weighted by Crippen LogP contribution is -2.29. The van der Waals surface area contributed by atoms with Crippen molar-refractivity contribution in [3.05, 3.63) is 47.0 Å². The van der Waals surface area contributed by atoms with Gasteiger partial charge in [-0.2, -0.15) is 13.2 Å². The van der Waals surface area contributed by atoms with Crippen LogP contribution < -0.4 is 0 Å². The number of fused-ring (bicyclic) bond motifs is 1. The number of thioether (sulfide) groups is 1. The Bertz CT molecular complexity index is 1230. The first-order valence-electron chi connectivity index (χ1n) is 10.8. The normalized spacial score (nSPS) is 21.7. The molecule has 13 heteroatoms. The summed E-state index contributed by atoms with van der Waals surface area (Å²) in [6.45, 7) is 3.73. The smallest absolute Gasteiger partial charge is 0.422 e. The van der Waals surface area contributed by atoms with Crippen LogP contribution in [0.2, 0.25) is 0 Å². The van der Waals surface area contributed by atoms with Crippen LogP contribution in [0, 0.1) is 24.5 Å². The highest BCUT2D eigenvalue weighted by atomic mass is 35.5. The van der Waals surface area contributed by atoms with Gasteiger partial charge in [0.05, 0.1) is 5.69 Å². The summed E-state index contributed by atoms with van der Waals surface area (Å²) in [6.07, 6.45) is -2.26. The number of oxazole rings is 1. The average molecular weight is 536 g/mol. The van der Waals surface area contributed by atoms with Crippen LogP contribution in [0.1, 0.15) is 29.7 Å². The molecule has 0 amide bonds. The van der Waals surface area contributed by atoms with Gasteiger partial charge in [-0.1, -0.05) is 17.8 Å². The third-order valence-corrected chi connectivity index (χ3v) is 7.87. The van der Waals surface area contributed by atoms with Crippen molar-refractivity contribution in [1.29, 1.82) is 0 Å². The molecule has 1 aromatic carbocycles. The number of piperidine rings is 1. The third kappa shape index (κ3) is 4.55. The molecule has 1 aliphatic carbocycles. The van der Waals surface area contributed by atoms with Gasteiger partial charge in [0.2, 0.25) is 5.82 Å². The van der Waals surface area contributed by atoms with Gasteiger partial charge in [-0.3, -0.25) is 0 Å². The Balaban J connectivity index is 0.00000289. The van der Waals surface area contributed by atoms with E-state index in [0.717, 1.165) is 35.6 Å². The highest BCUT2D eigenvalue weighted by molar-refractivity contribution is 7.99. The minimum absolute atomic E-state index is 0. The van der Waals surface area contributed by atoms with Gasteiger partial charge in [0.1, 0.15) is 17.2 Å². The van der Waals surface area contributed by atoms with Crippen molar-refractivity contribution in [1.82, 2.24) is 24.6 Å². The van der Waals surface area contributed by atoms with Gasteiger partial charge in [0.25, 0.3) is 0 Å². The van der Waals surface area contributed by atoms with E-state index in [9.17, 15) is 22.0 Å². The van der Waals surface area contributed by atoms with Crippen molar-refractivity contribution in [3.63, 3.8) is 0 Å². The molecule has 35 heavy (non-hydrogen) atoms. The maximum Gasteiger partial charge on any atom is 0.422 e. The van der Waals surface area contributed by atoms with Gasteiger partial charge < -0.3 is 13.9 Å². The number of aromatic nitrogens is 4. The number of hydrogen-bond acceptors (Lipinski definition) is 6. The number of nitrogens with zero attached hydrogens (tertiary/aromatic N) is 5. The zero-order valence-electron chi connectivity index (χ0n) is 18.9. The number of alkyl halides is 3. The molecule has 2 fully saturated rings. The van der Waals surface area contributed by atoms with E-state index < -0.39 is 28.8 Å². The summed E-state index contributed by atoms with van der Waals surface area (Å²) >= 11 is 1.54. The third-order valence-electron chi connectivity index (χ3n) is 6.76. The highest BCUT2D eigenvalue weighted by Gasteiger charge is 2.62. The molecule has 1 saturated carbocycles. The summed E-state index contributed by atoms with van der Waals surface area (Å²) in [5.74, 6) is -1.01. The number of aryl methyl sites for hydroxylation is 1. The molecule has 5 rings (SSSR count). The molecule has 3 heterocycles. The van der Waals surface area contributed by atoms with Gasteiger partial charge >= 0.3 is 6.18 Å². The second-order valence-electron chi connectivity index (χ2n) is 8.91. The fourth-order valence-electron chi connectivity index (χ4n) is 4.98. The largest absolute Gasteiger partial charge is 0.440 e. The predicted molar refractivity (Wildman–Crippen MR) is 121 cm³/mol. The summed E-state index contributed by atoms with van der Waals surface area (Å²) in [7, 11) is 1.85. The van der Waals surface area contributed by atoms with Crippen LogP contribution in [0.5, 0.6) is 0 Å². The van der Waals surface area contributed by atoms with Crippen LogP contribution in [0.3, 0.4) is 0 Å². The minimum atomic E-state index is -5.06. The van der Waals surface area contributed by atoms with Gasteiger partial charge in [0, 0.05) is 31.3 Å². The lowest BCUT2D eigenvalue weighted by Gasteiger charge is -2.22. The number of benzene rings is 1. The van der Waals surface area contributed by atoms with Crippen molar-refractivity contribution < 1.29 is 26.4 Å². The van der Waals surface area contributed by atoms with E-state index in [-0.39, 0.29) is 23.9 Å². The number of hydrogen-bond donors (Lipinski definition) is 0. The molecule has 6 nitrogen and oxygen atoms in total. The molecule has 1 aliphatic heterocycles. The molecule has 0 bridgehead atoms. The number of rotatable bonds is 7. The molecule has 190 valence electrons. The monoisotopic (exact) mass is 535 g/mol. The molecule has 2 atom stereocenters. The van der Waals surface area contributed by atoms with Gasteiger partial charge in [-0.25, -0.2) is 13.8 Å². The SMILES string of the molecule is Cc1ncoc1-c1nnc(SCCCN2C[C@H]3CC3(c3ccc(F)c(C(F)(F)F)c3F)C2)n1C.Cl. The molecule has 1 unspecified atom stereocenters. The Morgan fingerprint density at radius 3 is 2.69 bits per heavy atom. The van der Waals surface area contributed by atoms with Gasteiger partial charge in [-0.15, -0.1) is 22.6 Å². The summed E-state index contributed by atoms with van der Waals surface area (Å²) in [5, 5.41) is 9.12. The van der Waals surface area contributed by atoms with Crippen LogP contribution in [0.25, 0.3) is 11.6 Å². The first-order valence-corrected chi connectivity index (χ1v) is 11.8. The van der Waals surface area contributed by atoms with E-state index in [1.807, 2.05) is 18.5 Å². The summed E-state index contributed by atoms with van der Waals surface area (Å²) in [6, 6.07) is 1.92. The Morgan fingerprint density at radius 1 is 1.23 bits per heavy atom. The fourth-order valence-corrected chi connectivity index (χ4v) is 5.81. The fraction of sp³-hybridized carbons (Fsp3) is 0.500. The molecule has 0 N–H and O–H groups in total. The average Bonchev–Trinajstić information content (AvgIpc) is 3.06. The summed E-state index contributed by atoms with van der Waals surface area (Å²) < 4.78 is 75.1. The Morgan fingerprint density at radius 2 is 2.00 bits per heavy atom. The predicted octanol–water partition coefficient (Wildman–Crippen LogP) is 5.25. The molecule has 0 spiro atoms. The van der Waals surface area contributed by atoms with Crippen molar-refractivity contribution in [2.45, 2.75) is 36.5 Å². The van der Waals surface area contributed by atoms with Crippen LogP contribution >= 0.6 is 24.2 Å². The first-order chi connectivity index (χ1) is 16.1. The second kappa shape index (κ2) is 9.36. The van der Waals surface area contributed by atoms with E-state index in [4.69, 9.17) is 4.42 Å². The van der Waals surface area contributed by atoms with E-state index in [2.05, 4.69) is 20.1 Å². The van der Waals surface area contributed by atoms with Crippen LogP contribution in [0.15, 0.2) is 28.1 Å². The Hall–Kier alpha value is -2.18. The quantitative estimate of drug-likeness (QED) is 0.234. The van der Waals surface area contributed by atoms with E-state index in [0.29, 0.717) is 31.1 Å². The standard InChI is InChI=1S/C22H22F5N5OS.ClH/c1-12-18(33-11-28-12)19-29-30-20(31(19)2)34-7-3-6-32-9-13-8-21(13,10-32)14-4-5-15(23)16(17(14)24)22(25,26)27;/h4-5,11,13H,3,6-10H2,1-2H3;1H/t13-,21?;/m1./s1. The molecular formula is C22H23ClF5N5OS. The molecule has 3 aromatic rings. The molecule has 0 radical (unpaired) electrons. The van der Waals surface area contributed by atoms with Crippen LogP contribution in [0.4, 0.5) is 22.0 Å². The van der Waals surface area contributed by atoms with E-state index in [1.54, 1.807) is 11.8 Å². The Kier molecular flexibility index (Phi) is 6.93. The molecular weight excluding hydrogens is 513 g/mol. The number of halogens is 6. The highest BCUT2D eigenvalue weighted by Crippen LogP contribution is 2.60. The van der Waals surface area contributed by atoms with Gasteiger partial charge in [-0.05, 0) is 43.9 Å². The maximum absolute atomic E-state index is 14.7. The van der Waals surface area contributed by atoms with Crippen molar-refractivity contribution >= 4 is 24.2 Å².